The van der Waals surface area contributed by atoms with E-state index in [1.807, 2.05) is 49.4 Å². The van der Waals surface area contributed by atoms with Crippen LogP contribution in [0.1, 0.15) is 23.1 Å². The van der Waals surface area contributed by atoms with Gasteiger partial charge in [0.15, 0.2) is 11.5 Å². The van der Waals surface area contributed by atoms with Crippen LogP contribution in [-0.2, 0) is 22.3 Å². The summed E-state index contributed by atoms with van der Waals surface area (Å²) < 4.78 is 38.4. The van der Waals surface area contributed by atoms with Gasteiger partial charge < -0.3 is 9.47 Å². The minimum Gasteiger partial charge on any atom is -0.490 e. The van der Waals surface area contributed by atoms with E-state index >= 15 is 0 Å². The number of ether oxygens (including phenoxy) is 2. The number of rotatable bonds is 5. The Labute approximate surface area is 142 Å². The number of nitrogens with one attached hydrogen (secondary N) is 1. The minimum atomic E-state index is -3.40. The van der Waals surface area contributed by atoms with E-state index in [1.54, 1.807) is 0 Å². The molecular formula is C18H21NO4S. The van der Waals surface area contributed by atoms with Crippen molar-refractivity contribution in [2.24, 2.45) is 0 Å². The molecular weight excluding hydrogens is 326 g/mol. The lowest BCUT2D eigenvalue weighted by Crippen LogP contribution is -2.24. The average molecular weight is 347 g/mol. The van der Waals surface area contributed by atoms with Crippen molar-refractivity contribution in [2.45, 2.75) is 25.6 Å². The van der Waals surface area contributed by atoms with E-state index in [1.165, 1.54) is 0 Å². The summed E-state index contributed by atoms with van der Waals surface area (Å²) in [5, 5.41) is 0. The fourth-order valence-corrected chi connectivity index (χ4v) is 3.69. The Bertz CT molecular complexity index is 818. The first-order chi connectivity index (χ1) is 11.5. The molecule has 0 amide bonds. The maximum Gasteiger partial charge on any atom is 0.216 e. The van der Waals surface area contributed by atoms with Gasteiger partial charge in [-0.1, -0.05) is 35.9 Å². The highest BCUT2D eigenvalue weighted by Gasteiger charge is 2.14. The van der Waals surface area contributed by atoms with Crippen molar-refractivity contribution in [3.8, 4) is 11.5 Å². The maximum absolute atomic E-state index is 12.3. The van der Waals surface area contributed by atoms with Crippen LogP contribution in [0, 0.1) is 6.92 Å². The fourth-order valence-electron chi connectivity index (χ4n) is 2.58. The second kappa shape index (κ2) is 7.23. The summed E-state index contributed by atoms with van der Waals surface area (Å²) in [4.78, 5) is 0. The van der Waals surface area contributed by atoms with Crippen LogP contribution in [0.3, 0.4) is 0 Å². The van der Waals surface area contributed by atoms with E-state index in [0.717, 1.165) is 23.1 Å². The maximum atomic E-state index is 12.3. The molecule has 0 saturated carbocycles. The third kappa shape index (κ3) is 4.49. The van der Waals surface area contributed by atoms with E-state index in [9.17, 15) is 8.42 Å². The van der Waals surface area contributed by atoms with Gasteiger partial charge >= 0.3 is 0 Å². The highest BCUT2D eigenvalue weighted by Crippen LogP contribution is 2.30. The lowest BCUT2D eigenvalue weighted by molar-refractivity contribution is 0.297. The number of fused-ring (bicyclic) bond motifs is 1. The zero-order chi connectivity index (χ0) is 17.0. The molecule has 0 unspecified atom stereocenters. The lowest BCUT2D eigenvalue weighted by Gasteiger charge is -2.11. The molecule has 1 aliphatic rings. The van der Waals surface area contributed by atoms with Crippen molar-refractivity contribution in [3.05, 3.63) is 59.2 Å². The van der Waals surface area contributed by atoms with Crippen LogP contribution in [0.5, 0.6) is 11.5 Å². The van der Waals surface area contributed by atoms with E-state index in [4.69, 9.17) is 9.47 Å². The Balaban J connectivity index is 1.65. The molecule has 1 N–H and O–H groups in total. The first-order valence-electron chi connectivity index (χ1n) is 7.93. The second-order valence-corrected chi connectivity index (χ2v) is 7.71. The number of aryl methyl sites for hydroxylation is 1. The molecule has 0 saturated heterocycles. The molecule has 2 aromatic rings. The normalized spacial score (nSPS) is 14.2. The topological polar surface area (TPSA) is 64.6 Å². The molecule has 24 heavy (non-hydrogen) atoms. The lowest BCUT2D eigenvalue weighted by atomic mass is 10.2. The van der Waals surface area contributed by atoms with Gasteiger partial charge in [-0.25, -0.2) is 13.1 Å². The molecule has 2 aromatic carbocycles. The van der Waals surface area contributed by atoms with Crippen LogP contribution < -0.4 is 14.2 Å². The van der Waals surface area contributed by atoms with Crippen LogP contribution in [-0.4, -0.2) is 21.6 Å². The number of hydrogen-bond acceptors (Lipinski definition) is 4. The van der Waals surface area contributed by atoms with E-state index in [-0.39, 0.29) is 12.3 Å². The standard InChI is InChI=1S/C18H21NO4S/c1-14-4-2-5-16(10-14)13-24(20,21)19-12-15-6-7-17-18(11-15)23-9-3-8-22-17/h2,4-7,10-11,19H,3,8-9,12-13H2,1H3. The molecule has 3 rings (SSSR count). The van der Waals surface area contributed by atoms with Crippen LogP contribution in [0.25, 0.3) is 0 Å². The van der Waals surface area contributed by atoms with Crippen molar-refractivity contribution in [2.75, 3.05) is 13.2 Å². The molecule has 1 heterocycles. The highest BCUT2D eigenvalue weighted by atomic mass is 32.2. The van der Waals surface area contributed by atoms with Gasteiger partial charge in [-0.05, 0) is 30.2 Å². The Morgan fingerprint density at radius 1 is 1.00 bits per heavy atom. The number of benzene rings is 2. The highest BCUT2D eigenvalue weighted by molar-refractivity contribution is 7.88. The third-order valence-corrected chi connectivity index (χ3v) is 5.04. The van der Waals surface area contributed by atoms with Crippen molar-refractivity contribution < 1.29 is 17.9 Å². The Hall–Kier alpha value is -2.05. The van der Waals surface area contributed by atoms with Gasteiger partial charge in [0.1, 0.15) is 0 Å². The van der Waals surface area contributed by atoms with Crippen molar-refractivity contribution >= 4 is 10.0 Å². The smallest absolute Gasteiger partial charge is 0.216 e. The first-order valence-corrected chi connectivity index (χ1v) is 9.58. The predicted molar refractivity (Wildman–Crippen MR) is 92.7 cm³/mol. The molecule has 5 nitrogen and oxygen atoms in total. The Morgan fingerprint density at radius 3 is 2.58 bits per heavy atom. The predicted octanol–water partition coefficient (Wildman–Crippen LogP) is 2.78. The van der Waals surface area contributed by atoms with E-state index < -0.39 is 10.0 Å². The zero-order valence-electron chi connectivity index (χ0n) is 13.6. The molecule has 128 valence electrons. The van der Waals surface area contributed by atoms with Gasteiger partial charge in [0.25, 0.3) is 0 Å². The summed E-state index contributed by atoms with van der Waals surface area (Å²) in [5.74, 6) is 1.35. The number of sulfonamides is 1. The summed E-state index contributed by atoms with van der Waals surface area (Å²) in [6, 6.07) is 13.0. The third-order valence-electron chi connectivity index (χ3n) is 3.75. The summed E-state index contributed by atoms with van der Waals surface area (Å²) in [5.41, 5.74) is 2.67. The van der Waals surface area contributed by atoms with Crippen LogP contribution in [0.4, 0.5) is 0 Å². The van der Waals surface area contributed by atoms with Crippen molar-refractivity contribution in [1.29, 1.82) is 0 Å². The second-order valence-electron chi connectivity index (χ2n) is 5.90. The SMILES string of the molecule is Cc1cccc(CS(=O)(=O)NCc2ccc3c(c2)OCCCO3)c1. The van der Waals surface area contributed by atoms with Crippen molar-refractivity contribution in [3.63, 3.8) is 0 Å². The number of hydrogen-bond donors (Lipinski definition) is 1. The molecule has 6 heteroatoms. The molecule has 0 radical (unpaired) electrons. The van der Waals surface area contributed by atoms with E-state index in [0.29, 0.717) is 24.7 Å². The quantitative estimate of drug-likeness (QED) is 0.903. The summed E-state index contributed by atoms with van der Waals surface area (Å²) in [6.45, 7) is 3.41. The Kier molecular flexibility index (Phi) is 5.06. The fraction of sp³-hybridized carbons (Fsp3) is 0.333. The molecule has 0 fully saturated rings. The summed E-state index contributed by atoms with van der Waals surface area (Å²) in [6.07, 6.45) is 0.840. The first kappa shape index (κ1) is 16.8. The van der Waals surface area contributed by atoms with Crippen molar-refractivity contribution in [1.82, 2.24) is 4.72 Å². The molecule has 0 spiro atoms. The van der Waals surface area contributed by atoms with Gasteiger partial charge in [0.2, 0.25) is 10.0 Å². The molecule has 0 aliphatic carbocycles. The molecule has 0 atom stereocenters. The van der Waals surface area contributed by atoms with Crippen LogP contribution in [0.2, 0.25) is 0 Å². The van der Waals surface area contributed by atoms with Gasteiger partial charge in [-0.3, -0.25) is 0 Å². The zero-order valence-corrected chi connectivity index (χ0v) is 14.4. The van der Waals surface area contributed by atoms with E-state index in [2.05, 4.69) is 4.72 Å². The monoisotopic (exact) mass is 347 g/mol. The van der Waals surface area contributed by atoms with Gasteiger partial charge in [0.05, 0.1) is 19.0 Å². The molecule has 0 bridgehead atoms. The van der Waals surface area contributed by atoms with Gasteiger partial charge in [-0.2, -0.15) is 0 Å². The largest absolute Gasteiger partial charge is 0.490 e. The summed E-state index contributed by atoms with van der Waals surface area (Å²) >= 11 is 0. The van der Waals surface area contributed by atoms with Crippen LogP contribution >= 0.6 is 0 Å². The summed E-state index contributed by atoms with van der Waals surface area (Å²) in [7, 11) is -3.40. The van der Waals surface area contributed by atoms with Crippen LogP contribution in [0.15, 0.2) is 42.5 Å². The minimum absolute atomic E-state index is 0.0285. The molecule has 1 aliphatic heterocycles. The molecule has 0 aromatic heterocycles. The van der Waals surface area contributed by atoms with Gasteiger partial charge in [0, 0.05) is 13.0 Å². The average Bonchev–Trinajstić information content (AvgIpc) is 2.77. The Morgan fingerprint density at radius 2 is 1.79 bits per heavy atom. The van der Waals surface area contributed by atoms with Gasteiger partial charge in [-0.15, -0.1) is 0 Å².